The molecular weight excluding hydrogens is 410 g/mol. The molecule has 0 aromatic heterocycles. The summed E-state index contributed by atoms with van der Waals surface area (Å²) in [6.07, 6.45) is 1.16. The van der Waals surface area contributed by atoms with Gasteiger partial charge in [0.1, 0.15) is 23.6 Å². The van der Waals surface area contributed by atoms with Crippen LogP contribution in [-0.2, 0) is 25.6 Å². The van der Waals surface area contributed by atoms with Crippen molar-refractivity contribution in [2.24, 2.45) is 17.6 Å². The second kappa shape index (κ2) is 12.2. The number of amides is 3. The van der Waals surface area contributed by atoms with Gasteiger partial charge in [-0.2, -0.15) is 0 Å². The van der Waals surface area contributed by atoms with Crippen molar-refractivity contribution in [3.63, 3.8) is 0 Å². The van der Waals surface area contributed by atoms with Gasteiger partial charge in [-0.3, -0.25) is 19.2 Å². The van der Waals surface area contributed by atoms with Crippen LogP contribution in [0.25, 0.3) is 0 Å². The summed E-state index contributed by atoms with van der Waals surface area (Å²) in [5.74, 6) is -1.99. The van der Waals surface area contributed by atoms with E-state index in [1.54, 1.807) is 40.0 Å². The molecule has 0 aliphatic rings. The minimum absolute atomic E-state index is 0.162. The number of Topliss-reactive ketones (excluding diaryl/α,β-unsaturated/α-hetero) is 1. The SMILES string of the molecule is CCCC(=O)[C@@H](C)C(=O)N(C)[C@H](Cc1ccc(OC)cc1)C(=O)N(C)[C@H](C(N)=O)C(C)C. The fourth-order valence-electron chi connectivity index (χ4n) is 3.77. The van der Waals surface area contributed by atoms with Crippen LogP contribution in [0, 0.1) is 11.8 Å². The van der Waals surface area contributed by atoms with E-state index in [0.717, 1.165) is 5.56 Å². The Balaban J connectivity index is 3.29. The molecule has 0 heterocycles. The lowest BCUT2D eigenvalue weighted by Gasteiger charge is -2.36. The summed E-state index contributed by atoms with van der Waals surface area (Å²) in [6, 6.07) is 5.46. The predicted molar refractivity (Wildman–Crippen MR) is 123 cm³/mol. The number of ketones is 1. The predicted octanol–water partition coefficient (Wildman–Crippen LogP) is 2.04. The molecule has 1 rings (SSSR count). The number of ether oxygens (including phenoxy) is 1. The van der Waals surface area contributed by atoms with E-state index >= 15 is 0 Å². The number of likely N-dealkylation sites (N-methyl/N-ethyl adjacent to an activating group) is 2. The second-order valence-corrected chi connectivity index (χ2v) is 8.50. The molecule has 2 N–H and O–H groups in total. The zero-order chi connectivity index (χ0) is 24.6. The Kier molecular flexibility index (Phi) is 10.4. The fourth-order valence-corrected chi connectivity index (χ4v) is 3.77. The molecule has 3 amide bonds. The molecule has 0 spiro atoms. The van der Waals surface area contributed by atoms with Crippen molar-refractivity contribution < 1.29 is 23.9 Å². The molecule has 0 saturated heterocycles. The number of primary amides is 1. The monoisotopic (exact) mass is 447 g/mol. The Hall–Kier alpha value is -2.90. The van der Waals surface area contributed by atoms with E-state index in [4.69, 9.17) is 10.5 Å². The number of hydrogen-bond donors (Lipinski definition) is 1. The molecule has 0 aliphatic carbocycles. The van der Waals surface area contributed by atoms with Crippen molar-refractivity contribution >= 4 is 23.5 Å². The van der Waals surface area contributed by atoms with Gasteiger partial charge in [-0.05, 0) is 37.0 Å². The second-order valence-electron chi connectivity index (χ2n) is 8.50. The van der Waals surface area contributed by atoms with Gasteiger partial charge in [-0.1, -0.05) is 32.9 Å². The third-order valence-electron chi connectivity index (χ3n) is 5.73. The zero-order valence-corrected chi connectivity index (χ0v) is 20.3. The van der Waals surface area contributed by atoms with Gasteiger partial charge in [0, 0.05) is 26.9 Å². The number of methoxy groups -OCH3 is 1. The summed E-state index contributed by atoms with van der Waals surface area (Å²) >= 11 is 0. The zero-order valence-electron chi connectivity index (χ0n) is 20.3. The van der Waals surface area contributed by atoms with Gasteiger partial charge in [-0.25, -0.2) is 0 Å². The van der Waals surface area contributed by atoms with Crippen molar-refractivity contribution in [2.45, 2.75) is 59.0 Å². The minimum atomic E-state index is -0.904. The summed E-state index contributed by atoms with van der Waals surface area (Å²) in [5, 5.41) is 0. The summed E-state index contributed by atoms with van der Waals surface area (Å²) in [7, 11) is 4.60. The van der Waals surface area contributed by atoms with Crippen molar-refractivity contribution in [1.82, 2.24) is 9.80 Å². The van der Waals surface area contributed by atoms with Crippen LogP contribution in [0.15, 0.2) is 24.3 Å². The molecule has 0 saturated carbocycles. The molecule has 0 unspecified atom stereocenters. The lowest BCUT2D eigenvalue weighted by Crippen LogP contribution is -2.57. The highest BCUT2D eigenvalue weighted by Crippen LogP contribution is 2.19. The van der Waals surface area contributed by atoms with Crippen LogP contribution in [0.4, 0.5) is 0 Å². The molecule has 0 radical (unpaired) electrons. The molecule has 8 heteroatoms. The molecule has 178 valence electrons. The summed E-state index contributed by atoms with van der Waals surface area (Å²) in [4.78, 5) is 53.5. The van der Waals surface area contributed by atoms with Crippen molar-refractivity contribution in [3.8, 4) is 5.75 Å². The smallest absolute Gasteiger partial charge is 0.246 e. The molecular formula is C24H37N3O5. The number of hydrogen-bond acceptors (Lipinski definition) is 5. The Morgan fingerprint density at radius 2 is 1.53 bits per heavy atom. The van der Waals surface area contributed by atoms with Crippen LogP contribution < -0.4 is 10.5 Å². The van der Waals surface area contributed by atoms with Gasteiger partial charge in [0.25, 0.3) is 0 Å². The minimum Gasteiger partial charge on any atom is -0.497 e. The first kappa shape index (κ1) is 27.1. The molecule has 3 atom stereocenters. The molecule has 0 aliphatic heterocycles. The Morgan fingerprint density at radius 1 is 0.969 bits per heavy atom. The van der Waals surface area contributed by atoms with E-state index in [1.807, 2.05) is 19.1 Å². The van der Waals surface area contributed by atoms with Gasteiger partial charge in [0.15, 0.2) is 0 Å². The standard InChI is InChI=1S/C24H37N3O5/c1-8-9-20(28)16(4)23(30)26(5)19(14-17-10-12-18(32-7)13-11-17)24(31)27(6)21(15(2)3)22(25)29/h10-13,15-16,19,21H,8-9,14H2,1-7H3,(H2,25,29)/t16-,19-,21+/m1/s1. The van der Waals surface area contributed by atoms with E-state index in [-0.39, 0.29) is 18.1 Å². The topological polar surface area (TPSA) is 110 Å². The first-order valence-electron chi connectivity index (χ1n) is 10.9. The van der Waals surface area contributed by atoms with Crippen LogP contribution in [-0.4, -0.2) is 66.6 Å². The maximum Gasteiger partial charge on any atom is 0.246 e. The van der Waals surface area contributed by atoms with Gasteiger partial charge in [0.2, 0.25) is 17.7 Å². The van der Waals surface area contributed by atoms with E-state index in [9.17, 15) is 19.2 Å². The maximum absolute atomic E-state index is 13.5. The van der Waals surface area contributed by atoms with Crippen LogP contribution in [0.2, 0.25) is 0 Å². The molecule has 1 aromatic carbocycles. The van der Waals surface area contributed by atoms with Crippen molar-refractivity contribution in [2.75, 3.05) is 21.2 Å². The van der Waals surface area contributed by atoms with Crippen LogP contribution >= 0.6 is 0 Å². The first-order valence-corrected chi connectivity index (χ1v) is 10.9. The molecule has 8 nitrogen and oxygen atoms in total. The first-order chi connectivity index (χ1) is 15.0. The normalized spacial score (nSPS) is 13.8. The van der Waals surface area contributed by atoms with Gasteiger partial charge in [-0.15, -0.1) is 0 Å². The molecule has 32 heavy (non-hydrogen) atoms. The number of benzene rings is 1. The lowest BCUT2D eigenvalue weighted by atomic mass is 9.96. The number of nitrogens with two attached hydrogens (primary N) is 1. The third kappa shape index (κ3) is 6.80. The Labute approximate surface area is 191 Å². The third-order valence-corrected chi connectivity index (χ3v) is 5.73. The lowest BCUT2D eigenvalue weighted by molar-refractivity contribution is -0.150. The van der Waals surface area contributed by atoms with Crippen molar-refractivity contribution in [1.29, 1.82) is 0 Å². The maximum atomic E-state index is 13.5. The van der Waals surface area contributed by atoms with Crippen molar-refractivity contribution in [3.05, 3.63) is 29.8 Å². The van der Waals surface area contributed by atoms with Crippen LogP contribution in [0.1, 0.15) is 46.1 Å². The number of carbonyl (C=O) groups excluding carboxylic acids is 4. The van der Waals surface area contributed by atoms with E-state index < -0.39 is 35.7 Å². The molecule has 0 bridgehead atoms. The van der Waals surface area contributed by atoms with E-state index in [0.29, 0.717) is 18.6 Å². The highest BCUT2D eigenvalue weighted by Gasteiger charge is 2.37. The quantitative estimate of drug-likeness (QED) is 0.493. The number of carbonyl (C=O) groups is 4. The van der Waals surface area contributed by atoms with Crippen LogP contribution in [0.5, 0.6) is 5.75 Å². The summed E-state index contributed by atoms with van der Waals surface area (Å²) in [5.41, 5.74) is 6.36. The summed E-state index contributed by atoms with van der Waals surface area (Å²) in [6.45, 7) is 7.05. The van der Waals surface area contributed by atoms with Gasteiger partial charge in [0.05, 0.1) is 13.0 Å². The Morgan fingerprint density at radius 3 is 1.97 bits per heavy atom. The average Bonchev–Trinajstić information content (AvgIpc) is 2.75. The van der Waals surface area contributed by atoms with E-state index in [1.165, 1.54) is 23.9 Å². The van der Waals surface area contributed by atoms with E-state index in [2.05, 4.69) is 0 Å². The highest BCUT2D eigenvalue weighted by molar-refractivity contribution is 6.02. The molecule has 1 aromatic rings. The van der Waals surface area contributed by atoms with Gasteiger partial charge >= 0.3 is 0 Å². The average molecular weight is 448 g/mol. The largest absolute Gasteiger partial charge is 0.497 e. The van der Waals surface area contributed by atoms with Crippen LogP contribution in [0.3, 0.4) is 0 Å². The van der Waals surface area contributed by atoms with Gasteiger partial charge < -0.3 is 20.3 Å². The molecule has 0 fully saturated rings. The Bertz CT molecular complexity index is 806. The number of rotatable bonds is 12. The number of nitrogens with zero attached hydrogens (tertiary/aromatic N) is 2. The highest BCUT2D eigenvalue weighted by atomic mass is 16.5. The summed E-state index contributed by atoms with van der Waals surface area (Å²) < 4.78 is 5.18. The fraction of sp³-hybridized carbons (Fsp3) is 0.583.